The van der Waals surface area contributed by atoms with E-state index in [9.17, 15) is 19.2 Å². The van der Waals surface area contributed by atoms with Crippen LogP contribution in [0.3, 0.4) is 0 Å². The lowest BCUT2D eigenvalue weighted by molar-refractivity contribution is 0.0564. The summed E-state index contributed by atoms with van der Waals surface area (Å²) in [7, 11) is 3.46. The molecule has 33 heavy (non-hydrogen) atoms. The van der Waals surface area contributed by atoms with Crippen molar-refractivity contribution in [1.82, 2.24) is 9.88 Å². The number of benzene rings is 1. The minimum absolute atomic E-state index is 0.0661. The maximum atomic E-state index is 12.7. The van der Waals surface area contributed by atoms with Crippen LogP contribution in [0.2, 0.25) is 0 Å². The Balaban J connectivity index is 1.92. The molecule has 11 nitrogen and oxygen atoms in total. The topological polar surface area (TPSA) is 131 Å². The van der Waals surface area contributed by atoms with Crippen molar-refractivity contribution >= 4 is 18.0 Å². The van der Waals surface area contributed by atoms with Crippen molar-refractivity contribution in [3.63, 3.8) is 0 Å². The first kappa shape index (κ1) is 23.8. The number of hydrogen-bond acceptors (Lipinski definition) is 9. The Morgan fingerprint density at radius 2 is 1.76 bits per heavy atom. The number of hydrogen-bond donors (Lipinski definition) is 1. The third-order valence-electron chi connectivity index (χ3n) is 5.10. The third kappa shape index (κ3) is 5.14. The number of ether oxygens (including phenoxy) is 5. The van der Waals surface area contributed by atoms with E-state index < -0.39 is 35.5 Å². The van der Waals surface area contributed by atoms with Crippen LogP contribution >= 0.6 is 0 Å². The summed E-state index contributed by atoms with van der Waals surface area (Å²) in [4.78, 5) is 49.8. The van der Waals surface area contributed by atoms with E-state index in [0.717, 1.165) is 19.8 Å². The molecule has 176 valence electrons. The smallest absolute Gasteiger partial charge is 0.407 e. The average Bonchev–Trinajstić information content (AvgIpc) is 3.29. The predicted octanol–water partition coefficient (Wildman–Crippen LogP) is 1.30. The summed E-state index contributed by atoms with van der Waals surface area (Å²) in [6.07, 6.45) is 0.479. The Morgan fingerprint density at radius 3 is 2.39 bits per heavy atom. The number of alkyl carbamates (subject to hydrolysis) is 1. The van der Waals surface area contributed by atoms with Gasteiger partial charge in [-0.05, 0) is 5.56 Å². The molecular formula is C22H24N2O9. The molecule has 0 radical (unpaired) electrons. The van der Waals surface area contributed by atoms with Gasteiger partial charge in [-0.15, -0.1) is 0 Å². The van der Waals surface area contributed by atoms with Crippen LogP contribution in [0.1, 0.15) is 32.5 Å². The zero-order valence-electron chi connectivity index (χ0n) is 18.4. The van der Waals surface area contributed by atoms with Gasteiger partial charge in [-0.1, -0.05) is 30.3 Å². The van der Waals surface area contributed by atoms with E-state index in [0.29, 0.717) is 0 Å². The maximum Gasteiger partial charge on any atom is 0.407 e. The van der Waals surface area contributed by atoms with Crippen LogP contribution in [-0.2, 0) is 25.6 Å². The first-order valence-electron chi connectivity index (χ1n) is 9.96. The van der Waals surface area contributed by atoms with E-state index in [4.69, 9.17) is 18.9 Å². The number of carbonyl (C=O) groups excluding carboxylic acids is 3. The SMILES string of the molecule is COC(=O)c1cn([C@@H]2COC[C@@H]2NC(=O)OCc2ccccc2)c(C(=O)OC)c(OC)c1=O. The number of methoxy groups -OCH3 is 3. The van der Waals surface area contributed by atoms with Gasteiger partial charge in [0, 0.05) is 6.20 Å². The fourth-order valence-corrected chi connectivity index (χ4v) is 3.48. The number of amides is 1. The molecule has 0 spiro atoms. The lowest BCUT2D eigenvalue weighted by Crippen LogP contribution is -2.42. The monoisotopic (exact) mass is 460 g/mol. The summed E-state index contributed by atoms with van der Waals surface area (Å²) in [5, 5.41) is 2.70. The van der Waals surface area contributed by atoms with Crippen molar-refractivity contribution in [3.05, 3.63) is 63.6 Å². The number of aromatic nitrogens is 1. The van der Waals surface area contributed by atoms with Crippen molar-refractivity contribution in [3.8, 4) is 5.75 Å². The van der Waals surface area contributed by atoms with Gasteiger partial charge in [-0.25, -0.2) is 14.4 Å². The molecule has 1 fully saturated rings. The normalized spacial score (nSPS) is 17.2. The number of esters is 2. The van der Waals surface area contributed by atoms with E-state index in [2.05, 4.69) is 10.1 Å². The van der Waals surface area contributed by atoms with Crippen LogP contribution in [0, 0.1) is 0 Å². The van der Waals surface area contributed by atoms with Gasteiger partial charge >= 0.3 is 18.0 Å². The first-order chi connectivity index (χ1) is 15.9. The first-order valence-corrected chi connectivity index (χ1v) is 9.96. The molecule has 2 atom stereocenters. The van der Waals surface area contributed by atoms with Crippen molar-refractivity contribution in [2.24, 2.45) is 0 Å². The molecule has 0 aliphatic carbocycles. The van der Waals surface area contributed by atoms with E-state index in [1.807, 2.05) is 30.3 Å². The van der Waals surface area contributed by atoms with Gasteiger partial charge in [-0.2, -0.15) is 0 Å². The molecule has 2 heterocycles. The largest absolute Gasteiger partial charge is 0.491 e. The summed E-state index contributed by atoms with van der Waals surface area (Å²) in [5.74, 6) is -2.16. The van der Waals surface area contributed by atoms with Crippen LogP contribution in [0.15, 0.2) is 41.3 Å². The highest BCUT2D eigenvalue weighted by molar-refractivity contribution is 5.94. The molecule has 2 aromatic rings. The highest BCUT2D eigenvalue weighted by atomic mass is 16.6. The third-order valence-corrected chi connectivity index (χ3v) is 5.10. The van der Waals surface area contributed by atoms with Crippen molar-refractivity contribution in [2.75, 3.05) is 34.5 Å². The quantitative estimate of drug-likeness (QED) is 0.480. The van der Waals surface area contributed by atoms with E-state index in [1.54, 1.807) is 0 Å². The molecule has 1 aromatic carbocycles. The van der Waals surface area contributed by atoms with Gasteiger partial charge in [0.1, 0.15) is 12.2 Å². The number of nitrogens with zero attached hydrogens (tertiary/aromatic N) is 1. The number of carbonyl (C=O) groups is 3. The highest BCUT2D eigenvalue weighted by Crippen LogP contribution is 2.27. The Kier molecular flexibility index (Phi) is 7.67. The van der Waals surface area contributed by atoms with Crippen LogP contribution in [-0.4, -0.2) is 63.2 Å². The Bertz CT molecular complexity index is 1080. The molecule has 0 unspecified atom stereocenters. The lowest BCUT2D eigenvalue weighted by atomic mass is 10.1. The average molecular weight is 460 g/mol. The minimum Gasteiger partial charge on any atom is -0.491 e. The van der Waals surface area contributed by atoms with Crippen molar-refractivity contribution < 1.29 is 38.1 Å². The molecule has 1 aromatic heterocycles. The molecule has 1 aliphatic rings. The number of rotatable bonds is 7. The molecule has 0 saturated carbocycles. The van der Waals surface area contributed by atoms with Crippen LogP contribution in [0.4, 0.5) is 4.79 Å². The number of nitrogens with one attached hydrogen (secondary N) is 1. The molecule has 11 heteroatoms. The summed E-state index contributed by atoms with van der Waals surface area (Å²) in [5.41, 5.74) is -0.587. The van der Waals surface area contributed by atoms with Crippen LogP contribution < -0.4 is 15.5 Å². The second-order valence-corrected chi connectivity index (χ2v) is 7.06. The fraction of sp³-hybridized carbons (Fsp3) is 0.364. The summed E-state index contributed by atoms with van der Waals surface area (Å²) < 4.78 is 26.7. The Labute approximate surface area is 189 Å². The molecule has 3 rings (SSSR count). The zero-order chi connectivity index (χ0) is 24.0. The van der Waals surface area contributed by atoms with Gasteiger partial charge < -0.3 is 33.6 Å². The van der Waals surface area contributed by atoms with E-state index in [-0.39, 0.29) is 36.8 Å². The fourth-order valence-electron chi connectivity index (χ4n) is 3.48. The van der Waals surface area contributed by atoms with Crippen LogP contribution in [0.25, 0.3) is 0 Å². The Morgan fingerprint density at radius 1 is 1.06 bits per heavy atom. The molecule has 1 aliphatic heterocycles. The molecular weight excluding hydrogens is 436 g/mol. The Hall–Kier alpha value is -3.86. The summed E-state index contributed by atoms with van der Waals surface area (Å²) >= 11 is 0. The highest BCUT2D eigenvalue weighted by Gasteiger charge is 2.36. The van der Waals surface area contributed by atoms with E-state index >= 15 is 0 Å². The van der Waals surface area contributed by atoms with Crippen LogP contribution in [0.5, 0.6) is 5.75 Å². The zero-order valence-corrected chi connectivity index (χ0v) is 18.4. The van der Waals surface area contributed by atoms with E-state index in [1.165, 1.54) is 17.9 Å². The standard InChI is InChI=1S/C22H24N2O9/c1-29-19-17(21(27)31-3)24(9-14(18(19)25)20(26)30-2)16-12-32-11-15(16)23-22(28)33-10-13-7-5-4-6-8-13/h4-9,15-16H,10-12H2,1-3H3,(H,23,28)/t15-,16+/m0/s1. The van der Waals surface area contributed by atoms with Crippen molar-refractivity contribution in [2.45, 2.75) is 18.7 Å². The summed E-state index contributed by atoms with van der Waals surface area (Å²) in [6, 6.07) is 7.82. The second kappa shape index (κ2) is 10.6. The summed E-state index contributed by atoms with van der Waals surface area (Å²) in [6.45, 7) is 0.241. The van der Waals surface area contributed by atoms with Gasteiger partial charge in [0.2, 0.25) is 5.43 Å². The molecule has 1 amide bonds. The van der Waals surface area contributed by atoms with Gasteiger partial charge in [0.15, 0.2) is 11.4 Å². The molecule has 1 saturated heterocycles. The van der Waals surface area contributed by atoms with Gasteiger partial charge in [-0.3, -0.25) is 4.79 Å². The molecule has 1 N–H and O–H groups in total. The number of pyridine rings is 1. The van der Waals surface area contributed by atoms with Crippen molar-refractivity contribution in [1.29, 1.82) is 0 Å². The van der Waals surface area contributed by atoms with Gasteiger partial charge in [0.25, 0.3) is 0 Å². The predicted molar refractivity (Wildman–Crippen MR) is 113 cm³/mol. The molecule has 0 bridgehead atoms. The maximum absolute atomic E-state index is 12.7. The van der Waals surface area contributed by atoms with Gasteiger partial charge in [0.05, 0.1) is 46.6 Å². The minimum atomic E-state index is -0.908. The second-order valence-electron chi connectivity index (χ2n) is 7.06. The lowest BCUT2D eigenvalue weighted by Gasteiger charge is -2.25.